The van der Waals surface area contributed by atoms with Gasteiger partial charge in [-0.25, -0.2) is 0 Å². The molecule has 176 valence electrons. The van der Waals surface area contributed by atoms with Crippen LogP contribution in [0.2, 0.25) is 0 Å². The highest BCUT2D eigenvalue weighted by Gasteiger charge is 2.23. The first-order chi connectivity index (χ1) is 16.4. The molecule has 4 aromatic rings. The van der Waals surface area contributed by atoms with Crippen LogP contribution in [0, 0.1) is 5.92 Å². The Balaban J connectivity index is 1.66. The van der Waals surface area contributed by atoms with Crippen molar-refractivity contribution in [3.63, 3.8) is 0 Å². The highest BCUT2D eigenvalue weighted by atomic mass is 32.2. The predicted molar refractivity (Wildman–Crippen MR) is 136 cm³/mol. The number of nitrogens with zero attached hydrogens (tertiary/aromatic N) is 4. The van der Waals surface area contributed by atoms with Crippen molar-refractivity contribution in [1.29, 1.82) is 0 Å². The van der Waals surface area contributed by atoms with Gasteiger partial charge < -0.3 is 14.9 Å². The van der Waals surface area contributed by atoms with E-state index in [1.54, 1.807) is 0 Å². The van der Waals surface area contributed by atoms with Crippen molar-refractivity contribution in [1.82, 2.24) is 19.3 Å². The van der Waals surface area contributed by atoms with Crippen molar-refractivity contribution in [2.24, 2.45) is 18.7 Å². The molecule has 34 heavy (non-hydrogen) atoms. The third-order valence-electron chi connectivity index (χ3n) is 5.70. The standard InChI is InChI=1S/C26H29N5O2S/c1-17(2)15-31-23(14-13-22(27)33)28-29-26(31)34-16-21(32)24-19-11-7-8-12-20(19)30(3)25(24)18-9-5-4-6-10-18/h4-12,17H,13-16H2,1-3H3,(H2,27,33). The van der Waals surface area contributed by atoms with Crippen molar-refractivity contribution in [2.75, 3.05) is 5.75 Å². The number of aryl methyl sites for hydroxylation is 2. The maximum absolute atomic E-state index is 13.6. The molecule has 0 bridgehead atoms. The molecule has 0 aliphatic rings. The normalized spacial score (nSPS) is 11.4. The van der Waals surface area contributed by atoms with Gasteiger partial charge in [0.15, 0.2) is 10.9 Å². The largest absolute Gasteiger partial charge is 0.370 e. The summed E-state index contributed by atoms with van der Waals surface area (Å²) in [6, 6.07) is 18.0. The van der Waals surface area contributed by atoms with E-state index in [1.807, 2.05) is 66.2 Å². The number of nitrogens with two attached hydrogens (primary N) is 1. The van der Waals surface area contributed by atoms with E-state index >= 15 is 0 Å². The molecule has 8 heteroatoms. The lowest BCUT2D eigenvalue weighted by atomic mass is 10.0. The fourth-order valence-electron chi connectivity index (χ4n) is 4.21. The lowest BCUT2D eigenvalue weighted by molar-refractivity contribution is -0.118. The molecule has 0 spiro atoms. The van der Waals surface area contributed by atoms with Crippen LogP contribution in [0.5, 0.6) is 0 Å². The zero-order valence-corrected chi connectivity index (χ0v) is 20.5. The second kappa shape index (κ2) is 10.3. The van der Waals surface area contributed by atoms with Crippen LogP contribution in [-0.4, -0.2) is 36.8 Å². The van der Waals surface area contributed by atoms with Crippen LogP contribution in [0.1, 0.15) is 36.5 Å². The minimum absolute atomic E-state index is 0.0402. The van der Waals surface area contributed by atoms with Crippen molar-refractivity contribution in [3.8, 4) is 11.3 Å². The topological polar surface area (TPSA) is 95.8 Å². The highest BCUT2D eigenvalue weighted by Crippen LogP contribution is 2.34. The summed E-state index contributed by atoms with van der Waals surface area (Å²) in [5, 5.41) is 10.2. The van der Waals surface area contributed by atoms with Gasteiger partial charge in [0.25, 0.3) is 0 Å². The number of carbonyl (C=O) groups is 2. The van der Waals surface area contributed by atoms with E-state index in [-0.39, 0.29) is 23.9 Å². The molecule has 0 atom stereocenters. The van der Waals surface area contributed by atoms with Crippen molar-refractivity contribution in [2.45, 2.75) is 38.4 Å². The number of rotatable bonds is 10. The summed E-state index contributed by atoms with van der Waals surface area (Å²) in [6.07, 6.45) is 0.654. The lowest BCUT2D eigenvalue weighted by Crippen LogP contribution is -2.15. The summed E-state index contributed by atoms with van der Waals surface area (Å²) in [5.74, 6) is 0.991. The molecule has 0 saturated carbocycles. The van der Waals surface area contributed by atoms with Gasteiger partial charge in [0.1, 0.15) is 5.82 Å². The fourth-order valence-corrected chi connectivity index (χ4v) is 5.04. The molecule has 0 unspecified atom stereocenters. The van der Waals surface area contributed by atoms with Gasteiger partial charge in [-0.15, -0.1) is 10.2 Å². The number of benzene rings is 2. The summed E-state index contributed by atoms with van der Waals surface area (Å²) in [5.41, 5.74) is 8.99. The Morgan fingerprint density at radius 1 is 1.03 bits per heavy atom. The second-order valence-corrected chi connectivity index (χ2v) is 9.69. The molecule has 2 aromatic carbocycles. The van der Waals surface area contributed by atoms with Gasteiger partial charge in [0, 0.05) is 37.3 Å². The maximum Gasteiger partial charge on any atom is 0.217 e. The first-order valence-electron chi connectivity index (χ1n) is 11.4. The number of Topliss-reactive ketones (excluding diaryl/α,β-unsaturated/α-hetero) is 1. The molecule has 2 aromatic heterocycles. The van der Waals surface area contributed by atoms with Crippen molar-refractivity contribution < 1.29 is 9.59 Å². The molecule has 2 N–H and O–H groups in total. The Morgan fingerprint density at radius 3 is 2.44 bits per heavy atom. The Morgan fingerprint density at radius 2 is 1.74 bits per heavy atom. The van der Waals surface area contributed by atoms with Gasteiger partial charge in [-0.3, -0.25) is 9.59 Å². The van der Waals surface area contributed by atoms with Gasteiger partial charge in [-0.2, -0.15) is 0 Å². The molecule has 0 aliphatic carbocycles. The van der Waals surface area contributed by atoms with Gasteiger partial charge in [-0.05, 0) is 17.5 Å². The summed E-state index contributed by atoms with van der Waals surface area (Å²) in [6.45, 7) is 4.93. The summed E-state index contributed by atoms with van der Waals surface area (Å²) < 4.78 is 4.10. The SMILES string of the molecule is CC(C)Cn1c(CCC(N)=O)nnc1SCC(=O)c1c(-c2ccccc2)n(C)c2ccccc12. The summed E-state index contributed by atoms with van der Waals surface area (Å²) in [4.78, 5) is 24.9. The number of hydrogen-bond acceptors (Lipinski definition) is 5. The van der Waals surface area contributed by atoms with Crippen LogP contribution in [0.15, 0.2) is 59.8 Å². The Labute approximate surface area is 203 Å². The number of thioether (sulfide) groups is 1. The van der Waals surface area contributed by atoms with Crippen LogP contribution in [0.3, 0.4) is 0 Å². The van der Waals surface area contributed by atoms with Gasteiger partial charge in [0.05, 0.1) is 17.0 Å². The predicted octanol–water partition coefficient (Wildman–Crippen LogP) is 4.49. The molecule has 4 rings (SSSR count). The van der Waals surface area contributed by atoms with E-state index in [0.29, 0.717) is 24.0 Å². The number of fused-ring (bicyclic) bond motifs is 1. The minimum atomic E-state index is -0.368. The number of amides is 1. The van der Waals surface area contributed by atoms with Crippen LogP contribution in [0.4, 0.5) is 0 Å². The van der Waals surface area contributed by atoms with E-state index in [1.165, 1.54) is 11.8 Å². The number of primary amides is 1. The first-order valence-corrected chi connectivity index (χ1v) is 12.3. The molecule has 7 nitrogen and oxygen atoms in total. The first kappa shape index (κ1) is 23.8. The molecular formula is C26H29N5O2S. The van der Waals surface area contributed by atoms with E-state index in [0.717, 1.165) is 33.5 Å². The number of aromatic nitrogens is 4. The molecule has 0 radical (unpaired) electrons. The van der Waals surface area contributed by atoms with Gasteiger partial charge in [-0.1, -0.05) is 74.1 Å². The van der Waals surface area contributed by atoms with E-state index in [4.69, 9.17) is 5.73 Å². The Kier molecular flexibility index (Phi) is 7.17. The number of hydrogen-bond donors (Lipinski definition) is 1. The summed E-state index contributed by atoms with van der Waals surface area (Å²) >= 11 is 1.38. The van der Waals surface area contributed by atoms with Crippen LogP contribution in [0.25, 0.3) is 22.2 Å². The second-order valence-electron chi connectivity index (χ2n) is 8.75. The fraction of sp³-hybridized carbons (Fsp3) is 0.308. The van der Waals surface area contributed by atoms with Crippen LogP contribution >= 0.6 is 11.8 Å². The van der Waals surface area contributed by atoms with Gasteiger partial charge in [0.2, 0.25) is 5.91 Å². The smallest absolute Gasteiger partial charge is 0.217 e. The highest BCUT2D eigenvalue weighted by molar-refractivity contribution is 7.99. The zero-order chi connectivity index (χ0) is 24.2. The number of ketones is 1. The third kappa shape index (κ3) is 4.92. The third-order valence-corrected chi connectivity index (χ3v) is 6.67. The molecular weight excluding hydrogens is 446 g/mol. The van der Waals surface area contributed by atoms with Crippen molar-refractivity contribution in [3.05, 3.63) is 66.0 Å². The van der Waals surface area contributed by atoms with E-state index in [2.05, 4.69) is 28.6 Å². The van der Waals surface area contributed by atoms with Crippen LogP contribution in [-0.2, 0) is 24.8 Å². The quantitative estimate of drug-likeness (QED) is 0.269. The molecule has 1 amide bonds. The minimum Gasteiger partial charge on any atom is -0.370 e. The monoisotopic (exact) mass is 475 g/mol. The lowest BCUT2D eigenvalue weighted by Gasteiger charge is -2.12. The van der Waals surface area contributed by atoms with Gasteiger partial charge >= 0.3 is 0 Å². The number of para-hydroxylation sites is 1. The summed E-state index contributed by atoms with van der Waals surface area (Å²) in [7, 11) is 2.00. The van der Waals surface area contributed by atoms with Crippen LogP contribution < -0.4 is 5.73 Å². The molecule has 0 saturated heterocycles. The zero-order valence-electron chi connectivity index (χ0n) is 19.7. The molecule has 2 heterocycles. The average molecular weight is 476 g/mol. The van der Waals surface area contributed by atoms with E-state index in [9.17, 15) is 9.59 Å². The maximum atomic E-state index is 13.6. The molecule has 0 fully saturated rings. The average Bonchev–Trinajstić information content (AvgIpc) is 3.34. The number of carbonyl (C=O) groups excluding carboxylic acids is 2. The van der Waals surface area contributed by atoms with Crippen molar-refractivity contribution >= 4 is 34.4 Å². The Bertz CT molecular complexity index is 1320. The van der Waals surface area contributed by atoms with E-state index < -0.39 is 0 Å². The Hall–Kier alpha value is -3.39. The molecule has 0 aliphatic heterocycles.